The molecular formula is C22H25N5O2S. The van der Waals surface area contributed by atoms with E-state index in [1.54, 1.807) is 10.6 Å². The molecule has 1 aromatic heterocycles. The highest BCUT2D eigenvalue weighted by atomic mass is 32.2. The van der Waals surface area contributed by atoms with E-state index in [4.69, 9.17) is 0 Å². The van der Waals surface area contributed by atoms with Crippen molar-refractivity contribution in [2.24, 2.45) is 7.05 Å². The maximum Gasteiger partial charge on any atom is 0.251 e. The molecule has 0 aliphatic carbocycles. The summed E-state index contributed by atoms with van der Waals surface area (Å²) in [6.45, 7) is 6.15. The van der Waals surface area contributed by atoms with Gasteiger partial charge < -0.3 is 15.2 Å². The minimum absolute atomic E-state index is 0.109. The highest BCUT2D eigenvalue weighted by molar-refractivity contribution is 7.99. The molecule has 2 amide bonds. The lowest BCUT2D eigenvalue weighted by Crippen LogP contribution is -2.25. The zero-order valence-electron chi connectivity index (χ0n) is 17.5. The van der Waals surface area contributed by atoms with E-state index >= 15 is 0 Å². The van der Waals surface area contributed by atoms with Crippen LogP contribution in [0.4, 0.5) is 5.69 Å². The van der Waals surface area contributed by atoms with Gasteiger partial charge >= 0.3 is 0 Å². The number of hydrogen-bond donors (Lipinski definition) is 2. The van der Waals surface area contributed by atoms with Crippen LogP contribution in [0.3, 0.4) is 0 Å². The van der Waals surface area contributed by atoms with E-state index in [0.29, 0.717) is 16.5 Å². The third kappa shape index (κ3) is 5.48. The van der Waals surface area contributed by atoms with Gasteiger partial charge in [-0.05, 0) is 55.7 Å². The quantitative estimate of drug-likeness (QED) is 0.569. The van der Waals surface area contributed by atoms with Gasteiger partial charge in [-0.15, -0.1) is 10.2 Å². The molecule has 0 bridgehead atoms. The summed E-state index contributed by atoms with van der Waals surface area (Å²) in [4.78, 5) is 24.7. The second-order valence-electron chi connectivity index (χ2n) is 7.17. The van der Waals surface area contributed by atoms with Crippen molar-refractivity contribution < 1.29 is 9.59 Å². The van der Waals surface area contributed by atoms with Crippen molar-refractivity contribution in [2.45, 2.75) is 32.5 Å². The van der Waals surface area contributed by atoms with Gasteiger partial charge in [0.2, 0.25) is 5.91 Å². The Morgan fingerprint density at radius 2 is 1.73 bits per heavy atom. The van der Waals surface area contributed by atoms with Gasteiger partial charge in [0.15, 0.2) is 11.0 Å². The molecule has 156 valence electrons. The molecule has 3 rings (SSSR count). The number of nitrogens with zero attached hydrogens (tertiary/aromatic N) is 3. The zero-order chi connectivity index (χ0) is 21.7. The average molecular weight is 424 g/mol. The molecule has 2 aromatic carbocycles. The predicted molar refractivity (Wildman–Crippen MR) is 119 cm³/mol. The summed E-state index contributed by atoms with van der Waals surface area (Å²) in [5, 5.41) is 14.7. The van der Waals surface area contributed by atoms with Crippen LogP contribution in [0.2, 0.25) is 0 Å². The third-order valence-electron chi connectivity index (χ3n) is 4.56. The number of carbonyl (C=O) groups is 2. The normalized spacial score (nSPS) is 10.7. The first-order chi connectivity index (χ1) is 14.3. The molecule has 3 aromatic rings. The number of anilines is 1. The van der Waals surface area contributed by atoms with Crippen molar-refractivity contribution in [3.05, 3.63) is 70.5 Å². The molecule has 8 heteroatoms. The molecule has 0 saturated carbocycles. The molecule has 1 heterocycles. The van der Waals surface area contributed by atoms with Gasteiger partial charge in [0, 0.05) is 18.3 Å². The van der Waals surface area contributed by atoms with Gasteiger partial charge in [0.25, 0.3) is 5.91 Å². The smallest absolute Gasteiger partial charge is 0.251 e. The number of hydrogen-bond acceptors (Lipinski definition) is 5. The molecule has 0 spiro atoms. The van der Waals surface area contributed by atoms with Gasteiger partial charge in [-0.2, -0.15) is 0 Å². The van der Waals surface area contributed by atoms with Gasteiger partial charge in [0.1, 0.15) is 0 Å². The standard InChI is InChI=1S/C22H25N5O2S/c1-14-9-15(2)11-17(10-14)24-20(28)13-30-22-26-25-19(27(22)4)12-23-21(29)18-8-6-5-7-16(18)3/h5-11H,12-13H2,1-4H3,(H,23,29)(H,24,28). The molecule has 0 saturated heterocycles. The maximum absolute atomic E-state index is 12.4. The lowest BCUT2D eigenvalue weighted by atomic mass is 10.1. The van der Waals surface area contributed by atoms with Crippen LogP contribution in [0.5, 0.6) is 0 Å². The minimum atomic E-state index is -0.155. The summed E-state index contributed by atoms with van der Waals surface area (Å²) >= 11 is 1.30. The Hall–Kier alpha value is -3.13. The van der Waals surface area contributed by atoms with Crippen molar-refractivity contribution in [1.29, 1.82) is 0 Å². The molecule has 0 unspecified atom stereocenters. The highest BCUT2D eigenvalue weighted by Crippen LogP contribution is 2.18. The second-order valence-corrected chi connectivity index (χ2v) is 8.11. The fourth-order valence-corrected chi connectivity index (χ4v) is 3.81. The molecule has 7 nitrogen and oxygen atoms in total. The van der Waals surface area contributed by atoms with Crippen LogP contribution in [-0.2, 0) is 18.4 Å². The molecular weight excluding hydrogens is 398 g/mol. The Morgan fingerprint density at radius 1 is 1.03 bits per heavy atom. The molecule has 2 N–H and O–H groups in total. The Morgan fingerprint density at radius 3 is 2.43 bits per heavy atom. The molecule has 30 heavy (non-hydrogen) atoms. The van der Waals surface area contributed by atoms with Crippen LogP contribution in [0, 0.1) is 20.8 Å². The average Bonchev–Trinajstić information content (AvgIpc) is 3.03. The summed E-state index contributed by atoms with van der Waals surface area (Å²) in [5.74, 6) is 0.573. The van der Waals surface area contributed by atoms with Crippen molar-refractivity contribution in [3.63, 3.8) is 0 Å². The fourth-order valence-electron chi connectivity index (χ4n) is 3.08. The van der Waals surface area contributed by atoms with E-state index in [1.165, 1.54) is 11.8 Å². The Kier molecular flexibility index (Phi) is 6.89. The predicted octanol–water partition coefficient (Wildman–Crippen LogP) is 3.40. The van der Waals surface area contributed by atoms with Crippen LogP contribution in [-0.4, -0.2) is 32.3 Å². The van der Waals surface area contributed by atoms with E-state index < -0.39 is 0 Å². The van der Waals surface area contributed by atoms with Crippen LogP contribution < -0.4 is 10.6 Å². The van der Waals surface area contributed by atoms with E-state index in [0.717, 1.165) is 22.4 Å². The van der Waals surface area contributed by atoms with Gasteiger partial charge in [0.05, 0.1) is 12.3 Å². The lowest BCUT2D eigenvalue weighted by Gasteiger charge is -2.08. The lowest BCUT2D eigenvalue weighted by molar-refractivity contribution is -0.113. The monoisotopic (exact) mass is 423 g/mol. The number of carbonyl (C=O) groups excluding carboxylic acids is 2. The topological polar surface area (TPSA) is 88.9 Å². The molecule has 0 fully saturated rings. The summed E-state index contributed by atoms with van der Waals surface area (Å²) in [7, 11) is 1.82. The van der Waals surface area contributed by atoms with Crippen LogP contribution >= 0.6 is 11.8 Å². The van der Waals surface area contributed by atoms with E-state index in [1.807, 2.05) is 58.2 Å². The third-order valence-corrected chi connectivity index (χ3v) is 5.58. The Labute approximate surface area is 180 Å². The van der Waals surface area contributed by atoms with Crippen molar-refractivity contribution >= 4 is 29.3 Å². The maximum atomic E-state index is 12.4. The van der Waals surface area contributed by atoms with Crippen LogP contribution in [0.25, 0.3) is 0 Å². The van der Waals surface area contributed by atoms with Crippen LogP contribution in [0.15, 0.2) is 47.6 Å². The SMILES string of the molecule is Cc1cc(C)cc(NC(=O)CSc2nnc(CNC(=O)c3ccccc3C)n2C)c1. The van der Waals surface area contributed by atoms with Crippen molar-refractivity contribution in [1.82, 2.24) is 20.1 Å². The summed E-state index contributed by atoms with van der Waals surface area (Å²) in [6, 6.07) is 13.4. The largest absolute Gasteiger partial charge is 0.345 e. The number of aryl methyl sites for hydroxylation is 3. The van der Waals surface area contributed by atoms with Crippen molar-refractivity contribution in [2.75, 3.05) is 11.1 Å². The van der Waals surface area contributed by atoms with Gasteiger partial charge in [-0.3, -0.25) is 9.59 Å². The van der Waals surface area contributed by atoms with Crippen LogP contribution in [0.1, 0.15) is 32.9 Å². The number of aromatic nitrogens is 3. The molecule has 0 atom stereocenters. The second kappa shape index (κ2) is 9.58. The number of thioether (sulfide) groups is 1. The first kappa shape index (κ1) is 21.6. The van der Waals surface area contributed by atoms with Gasteiger partial charge in [-0.1, -0.05) is 36.0 Å². The minimum Gasteiger partial charge on any atom is -0.345 e. The first-order valence-corrected chi connectivity index (χ1v) is 10.5. The van der Waals surface area contributed by atoms with E-state index in [2.05, 4.69) is 26.9 Å². The fraction of sp³-hybridized carbons (Fsp3) is 0.273. The number of amides is 2. The molecule has 0 aliphatic rings. The summed E-state index contributed by atoms with van der Waals surface area (Å²) in [6.07, 6.45) is 0. The van der Waals surface area contributed by atoms with E-state index in [9.17, 15) is 9.59 Å². The number of rotatable bonds is 7. The summed E-state index contributed by atoms with van der Waals surface area (Å²) < 4.78 is 1.78. The first-order valence-electron chi connectivity index (χ1n) is 9.56. The molecule has 0 radical (unpaired) electrons. The number of nitrogens with one attached hydrogen (secondary N) is 2. The van der Waals surface area contributed by atoms with E-state index in [-0.39, 0.29) is 24.1 Å². The zero-order valence-corrected chi connectivity index (χ0v) is 18.3. The van der Waals surface area contributed by atoms with Crippen molar-refractivity contribution in [3.8, 4) is 0 Å². The Bertz CT molecular complexity index is 1060. The number of benzene rings is 2. The molecule has 0 aliphatic heterocycles. The summed E-state index contributed by atoms with van der Waals surface area (Å²) in [5.41, 5.74) is 4.54. The Balaban J connectivity index is 1.54. The van der Waals surface area contributed by atoms with Gasteiger partial charge in [-0.25, -0.2) is 0 Å². The highest BCUT2D eigenvalue weighted by Gasteiger charge is 2.14.